The van der Waals surface area contributed by atoms with Crippen molar-refractivity contribution in [1.29, 1.82) is 0 Å². The Morgan fingerprint density at radius 2 is 2.07 bits per heavy atom. The number of carbonyl (C=O) groups is 1. The molecule has 7 nitrogen and oxygen atoms in total. The topological polar surface area (TPSA) is 97.1 Å². The molecule has 0 bridgehead atoms. The quantitative estimate of drug-likeness (QED) is 0.538. The van der Waals surface area contributed by atoms with E-state index < -0.39 is 0 Å². The third-order valence-corrected chi connectivity index (χ3v) is 5.41. The van der Waals surface area contributed by atoms with Gasteiger partial charge in [0.1, 0.15) is 22.1 Å². The molecule has 0 unspecified atom stereocenters. The molecule has 29 heavy (non-hydrogen) atoms. The summed E-state index contributed by atoms with van der Waals surface area (Å²) in [7, 11) is 0. The molecule has 4 rings (SSSR count). The zero-order valence-electron chi connectivity index (χ0n) is 15.8. The molecule has 2 N–H and O–H groups in total. The van der Waals surface area contributed by atoms with E-state index in [1.807, 2.05) is 12.3 Å². The lowest BCUT2D eigenvalue weighted by Crippen LogP contribution is -2.21. The Balaban J connectivity index is 1.93. The predicted octanol–water partition coefficient (Wildman–Crippen LogP) is 3.74. The molecular formula is C21H18N4O3S. The minimum Gasteiger partial charge on any atom is -0.508 e. The van der Waals surface area contributed by atoms with Crippen LogP contribution in [0.1, 0.15) is 19.4 Å². The molecule has 4 aromatic rings. The molecule has 0 saturated heterocycles. The normalized spacial score (nSPS) is 11.0. The zero-order valence-corrected chi connectivity index (χ0v) is 16.7. The predicted molar refractivity (Wildman–Crippen MR) is 114 cm³/mol. The molecule has 8 heteroatoms. The Hall–Kier alpha value is -3.52. The molecule has 0 spiro atoms. The van der Waals surface area contributed by atoms with E-state index in [0.717, 1.165) is 5.56 Å². The summed E-state index contributed by atoms with van der Waals surface area (Å²) in [6.45, 7) is 3.36. The van der Waals surface area contributed by atoms with Crippen LogP contribution in [0.4, 0.5) is 5.82 Å². The van der Waals surface area contributed by atoms with Crippen molar-refractivity contribution < 1.29 is 9.90 Å². The number of phenolic OH excluding ortho intramolecular Hbond substituents is 1. The van der Waals surface area contributed by atoms with Gasteiger partial charge in [-0.3, -0.25) is 14.2 Å². The molecule has 1 aromatic carbocycles. The highest BCUT2D eigenvalue weighted by Crippen LogP contribution is 2.27. The molecule has 0 saturated carbocycles. The van der Waals surface area contributed by atoms with Gasteiger partial charge in [-0.25, -0.2) is 9.97 Å². The fourth-order valence-electron chi connectivity index (χ4n) is 3.12. The first-order chi connectivity index (χ1) is 14.0. The second-order valence-corrected chi connectivity index (χ2v) is 7.41. The van der Waals surface area contributed by atoms with Gasteiger partial charge >= 0.3 is 0 Å². The minimum atomic E-state index is -0.216. The lowest BCUT2D eigenvalue weighted by atomic mass is 10.1. The van der Waals surface area contributed by atoms with Gasteiger partial charge in [0, 0.05) is 24.8 Å². The van der Waals surface area contributed by atoms with Crippen LogP contribution in [-0.2, 0) is 11.2 Å². The van der Waals surface area contributed by atoms with Gasteiger partial charge in [-0.1, -0.05) is 13.0 Å². The Morgan fingerprint density at radius 3 is 2.72 bits per heavy atom. The summed E-state index contributed by atoms with van der Waals surface area (Å²) in [5.41, 5.74) is 2.33. The van der Waals surface area contributed by atoms with Gasteiger partial charge in [-0.15, -0.1) is 11.3 Å². The van der Waals surface area contributed by atoms with Crippen molar-refractivity contribution in [1.82, 2.24) is 14.5 Å². The highest BCUT2D eigenvalue weighted by atomic mass is 32.1. The van der Waals surface area contributed by atoms with E-state index in [4.69, 9.17) is 0 Å². The molecule has 0 aliphatic rings. The summed E-state index contributed by atoms with van der Waals surface area (Å²) in [6.07, 6.45) is 2.24. The summed E-state index contributed by atoms with van der Waals surface area (Å²) in [4.78, 5) is 33.4. The largest absolute Gasteiger partial charge is 0.508 e. The van der Waals surface area contributed by atoms with Crippen molar-refractivity contribution >= 4 is 33.3 Å². The van der Waals surface area contributed by atoms with Gasteiger partial charge in [0.25, 0.3) is 5.56 Å². The standard InChI is InChI=1S/C21H18N4O3S/c1-3-13-4-6-15(10-17(13)27)25-20(24-16-8-9-29-19(16)21(25)28)14-5-7-18(22-11-14)23-12(2)26/h4-11,27H,3H2,1-2H3,(H,22,23,26). The number of aryl methyl sites for hydroxylation is 1. The van der Waals surface area contributed by atoms with E-state index in [1.165, 1.54) is 22.8 Å². The Kier molecular flexibility index (Phi) is 4.85. The number of hydrogen-bond acceptors (Lipinski definition) is 6. The van der Waals surface area contributed by atoms with Gasteiger partial charge < -0.3 is 10.4 Å². The molecule has 3 aromatic heterocycles. The highest BCUT2D eigenvalue weighted by Gasteiger charge is 2.17. The summed E-state index contributed by atoms with van der Waals surface area (Å²) in [6, 6.07) is 10.4. The van der Waals surface area contributed by atoms with Crippen LogP contribution in [0.15, 0.2) is 52.8 Å². The van der Waals surface area contributed by atoms with Crippen molar-refractivity contribution in [2.45, 2.75) is 20.3 Å². The first-order valence-electron chi connectivity index (χ1n) is 9.04. The van der Waals surface area contributed by atoms with Crippen molar-refractivity contribution in [3.05, 3.63) is 63.9 Å². The number of anilines is 1. The molecule has 0 atom stereocenters. The summed E-state index contributed by atoms with van der Waals surface area (Å²) in [5.74, 6) is 0.739. The number of amides is 1. The number of aromatic hydroxyl groups is 1. The van der Waals surface area contributed by atoms with Crippen LogP contribution >= 0.6 is 11.3 Å². The zero-order chi connectivity index (χ0) is 20.5. The van der Waals surface area contributed by atoms with Crippen molar-refractivity contribution in [2.75, 3.05) is 5.32 Å². The van der Waals surface area contributed by atoms with Crippen LogP contribution in [0.3, 0.4) is 0 Å². The Bertz CT molecular complexity index is 1280. The lowest BCUT2D eigenvalue weighted by molar-refractivity contribution is -0.114. The monoisotopic (exact) mass is 406 g/mol. The Labute approximate surface area is 170 Å². The molecule has 1 amide bonds. The summed E-state index contributed by atoms with van der Waals surface area (Å²) < 4.78 is 2.02. The number of fused-ring (bicyclic) bond motifs is 1. The highest BCUT2D eigenvalue weighted by molar-refractivity contribution is 7.17. The number of nitrogens with one attached hydrogen (secondary N) is 1. The van der Waals surface area contributed by atoms with E-state index in [9.17, 15) is 14.7 Å². The van der Waals surface area contributed by atoms with Gasteiger partial charge in [-0.05, 0) is 41.6 Å². The second kappa shape index (κ2) is 7.48. The first kappa shape index (κ1) is 18.8. The van der Waals surface area contributed by atoms with E-state index in [1.54, 1.807) is 42.6 Å². The number of phenols is 1. The number of benzene rings is 1. The van der Waals surface area contributed by atoms with Crippen molar-refractivity contribution in [3.63, 3.8) is 0 Å². The number of carbonyl (C=O) groups excluding carboxylic acids is 1. The van der Waals surface area contributed by atoms with Gasteiger partial charge in [-0.2, -0.15) is 0 Å². The average Bonchev–Trinajstić information content (AvgIpc) is 3.17. The second-order valence-electron chi connectivity index (χ2n) is 6.49. The van der Waals surface area contributed by atoms with Gasteiger partial charge in [0.05, 0.1) is 11.2 Å². The van der Waals surface area contributed by atoms with Gasteiger partial charge in [0.15, 0.2) is 0 Å². The van der Waals surface area contributed by atoms with Crippen molar-refractivity contribution in [2.24, 2.45) is 0 Å². The van der Waals surface area contributed by atoms with Gasteiger partial charge in [0.2, 0.25) is 5.91 Å². The third kappa shape index (κ3) is 3.50. The number of pyridine rings is 1. The maximum Gasteiger partial charge on any atom is 0.276 e. The van der Waals surface area contributed by atoms with Crippen LogP contribution in [0.5, 0.6) is 5.75 Å². The van der Waals surface area contributed by atoms with E-state index >= 15 is 0 Å². The Morgan fingerprint density at radius 1 is 1.24 bits per heavy atom. The number of thiophene rings is 1. The minimum absolute atomic E-state index is 0.133. The number of aromatic nitrogens is 3. The fraction of sp³-hybridized carbons (Fsp3) is 0.143. The van der Waals surface area contributed by atoms with Crippen LogP contribution in [-0.4, -0.2) is 25.5 Å². The first-order valence-corrected chi connectivity index (χ1v) is 9.92. The van der Waals surface area contributed by atoms with E-state index in [2.05, 4.69) is 15.3 Å². The smallest absolute Gasteiger partial charge is 0.276 e. The average molecular weight is 406 g/mol. The number of rotatable bonds is 4. The van der Waals surface area contributed by atoms with Crippen LogP contribution in [0.2, 0.25) is 0 Å². The molecule has 0 radical (unpaired) electrons. The van der Waals surface area contributed by atoms with Crippen LogP contribution in [0.25, 0.3) is 27.3 Å². The molecule has 3 heterocycles. The van der Waals surface area contributed by atoms with Crippen LogP contribution < -0.4 is 10.9 Å². The summed E-state index contributed by atoms with van der Waals surface area (Å²) >= 11 is 1.33. The molecule has 0 aliphatic carbocycles. The van der Waals surface area contributed by atoms with E-state index in [0.29, 0.717) is 39.5 Å². The molecule has 146 valence electrons. The molecule has 0 aliphatic heterocycles. The summed E-state index contributed by atoms with van der Waals surface area (Å²) in [5, 5.41) is 14.8. The number of hydrogen-bond donors (Lipinski definition) is 2. The molecular weight excluding hydrogens is 388 g/mol. The maximum absolute atomic E-state index is 13.2. The SMILES string of the molecule is CCc1ccc(-n2c(-c3ccc(NC(C)=O)nc3)nc3ccsc3c2=O)cc1O. The maximum atomic E-state index is 13.2. The van der Waals surface area contributed by atoms with E-state index in [-0.39, 0.29) is 17.2 Å². The molecule has 0 fully saturated rings. The third-order valence-electron chi connectivity index (χ3n) is 4.51. The lowest BCUT2D eigenvalue weighted by Gasteiger charge is -2.14. The number of nitrogens with zero attached hydrogens (tertiary/aromatic N) is 3. The fourth-order valence-corrected chi connectivity index (χ4v) is 3.88. The van der Waals surface area contributed by atoms with Crippen molar-refractivity contribution in [3.8, 4) is 22.8 Å². The van der Waals surface area contributed by atoms with Crippen LogP contribution in [0, 0.1) is 0 Å².